The molecule has 28 heavy (non-hydrogen) atoms. The van der Waals surface area contributed by atoms with Crippen LogP contribution in [0, 0.1) is 13.8 Å². The van der Waals surface area contributed by atoms with E-state index in [-0.39, 0.29) is 28.8 Å². The Bertz CT molecular complexity index is 995. The number of aromatic nitrogens is 1. The fraction of sp³-hybridized carbons (Fsp3) is 0.389. The van der Waals surface area contributed by atoms with Crippen LogP contribution in [0.15, 0.2) is 33.7 Å². The van der Waals surface area contributed by atoms with E-state index < -0.39 is 22.0 Å². The van der Waals surface area contributed by atoms with E-state index in [4.69, 9.17) is 4.52 Å². The van der Waals surface area contributed by atoms with E-state index in [1.54, 1.807) is 31.2 Å². The lowest BCUT2D eigenvalue weighted by atomic mass is 10.2. The molecule has 0 radical (unpaired) electrons. The first-order valence-corrected chi connectivity index (χ1v) is 10.3. The SMILES string of the molecule is CC(=O)Nc1cccc(NC(=O)[C@@H]2CCCN2S(=O)(=O)c2c(C)noc2C)c1. The number of hydrogen-bond donors (Lipinski definition) is 2. The Morgan fingerprint density at radius 1 is 1.21 bits per heavy atom. The molecular weight excluding hydrogens is 384 g/mol. The Kier molecular flexibility index (Phi) is 5.52. The molecule has 1 aromatic heterocycles. The Labute approximate surface area is 163 Å². The summed E-state index contributed by atoms with van der Waals surface area (Å²) in [5.74, 6) is -0.449. The topological polar surface area (TPSA) is 122 Å². The van der Waals surface area contributed by atoms with Crippen LogP contribution < -0.4 is 10.6 Å². The molecule has 2 heterocycles. The van der Waals surface area contributed by atoms with Gasteiger partial charge in [-0.3, -0.25) is 9.59 Å². The molecule has 0 aliphatic carbocycles. The van der Waals surface area contributed by atoms with Gasteiger partial charge in [0.2, 0.25) is 21.8 Å². The normalized spacial score (nSPS) is 17.5. The average Bonchev–Trinajstić information content (AvgIpc) is 3.22. The van der Waals surface area contributed by atoms with Gasteiger partial charge in [0.15, 0.2) is 5.76 Å². The summed E-state index contributed by atoms with van der Waals surface area (Å²) in [7, 11) is -3.91. The highest BCUT2D eigenvalue weighted by Crippen LogP contribution is 2.30. The van der Waals surface area contributed by atoms with Gasteiger partial charge in [-0.25, -0.2) is 8.42 Å². The maximum absolute atomic E-state index is 13.1. The minimum absolute atomic E-state index is 0.0138. The lowest BCUT2D eigenvalue weighted by Gasteiger charge is -2.23. The first-order valence-electron chi connectivity index (χ1n) is 8.83. The Balaban J connectivity index is 1.81. The van der Waals surface area contributed by atoms with E-state index in [1.807, 2.05) is 0 Å². The van der Waals surface area contributed by atoms with Gasteiger partial charge in [-0.1, -0.05) is 11.2 Å². The van der Waals surface area contributed by atoms with Crippen molar-refractivity contribution in [2.75, 3.05) is 17.2 Å². The fourth-order valence-corrected chi connectivity index (χ4v) is 5.30. The van der Waals surface area contributed by atoms with Gasteiger partial charge in [0.25, 0.3) is 0 Å². The zero-order chi connectivity index (χ0) is 20.5. The second-order valence-corrected chi connectivity index (χ2v) is 8.51. The van der Waals surface area contributed by atoms with Crippen LogP contribution in [0.25, 0.3) is 0 Å². The summed E-state index contributed by atoms with van der Waals surface area (Å²) in [6, 6.07) is 5.84. The van der Waals surface area contributed by atoms with Crippen molar-refractivity contribution in [3.05, 3.63) is 35.7 Å². The molecule has 1 aliphatic rings. The van der Waals surface area contributed by atoms with Crippen molar-refractivity contribution < 1.29 is 22.5 Å². The Morgan fingerprint density at radius 2 is 1.89 bits per heavy atom. The summed E-state index contributed by atoms with van der Waals surface area (Å²) >= 11 is 0. The maximum atomic E-state index is 13.1. The van der Waals surface area contributed by atoms with Crippen molar-refractivity contribution in [3.8, 4) is 0 Å². The fourth-order valence-electron chi connectivity index (χ4n) is 3.35. The summed E-state index contributed by atoms with van der Waals surface area (Å²) in [6.07, 6.45) is 0.993. The number of sulfonamides is 1. The van der Waals surface area contributed by atoms with Gasteiger partial charge in [-0.2, -0.15) is 4.31 Å². The lowest BCUT2D eigenvalue weighted by molar-refractivity contribution is -0.119. The molecule has 2 aromatic rings. The van der Waals surface area contributed by atoms with Crippen LogP contribution in [0.2, 0.25) is 0 Å². The second-order valence-electron chi connectivity index (χ2n) is 6.68. The number of hydrogen-bond acceptors (Lipinski definition) is 6. The third kappa shape index (κ3) is 3.92. The second kappa shape index (κ2) is 7.72. The van der Waals surface area contributed by atoms with Crippen LogP contribution in [0.5, 0.6) is 0 Å². The minimum Gasteiger partial charge on any atom is -0.360 e. The molecule has 10 heteroatoms. The molecule has 9 nitrogen and oxygen atoms in total. The molecule has 1 fully saturated rings. The number of carbonyl (C=O) groups is 2. The molecule has 2 amide bonds. The number of nitrogens with one attached hydrogen (secondary N) is 2. The first kappa shape index (κ1) is 20.0. The predicted molar refractivity (Wildman–Crippen MR) is 102 cm³/mol. The summed E-state index contributed by atoms with van der Waals surface area (Å²) in [5, 5.41) is 9.09. The van der Waals surface area contributed by atoms with Gasteiger partial charge in [-0.05, 0) is 44.9 Å². The molecule has 2 N–H and O–H groups in total. The van der Waals surface area contributed by atoms with E-state index in [9.17, 15) is 18.0 Å². The largest absolute Gasteiger partial charge is 0.360 e. The Hall–Kier alpha value is -2.72. The molecule has 0 spiro atoms. The van der Waals surface area contributed by atoms with Crippen molar-refractivity contribution in [3.63, 3.8) is 0 Å². The molecule has 1 aromatic carbocycles. The van der Waals surface area contributed by atoms with Crippen molar-refractivity contribution in [2.24, 2.45) is 0 Å². The van der Waals surface area contributed by atoms with Crippen molar-refractivity contribution in [2.45, 2.75) is 44.6 Å². The number of benzene rings is 1. The molecule has 3 rings (SSSR count). The number of aryl methyl sites for hydroxylation is 2. The van der Waals surface area contributed by atoms with E-state index >= 15 is 0 Å². The quantitative estimate of drug-likeness (QED) is 0.784. The summed E-state index contributed by atoms with van der Waals surface area (Å²) in [5.41, 5.74) is 1.28. The van der Waals surface area contributed by atoms with Crippen LogP contribution in [0.1, 0.15) is 31.2 Å². The van der Waals surface area contributed by atoms with Gasteiger partial charge < -0.3 is 15.2 Å². The average molecular weight is 406 g/mol. The summed E-state index contributed by atoms with van der Waals surface area (Å²) in [6.45, 7) is 4.73. The molecule has 0 unspecified atom stereocenters. The summed E-state index contributed by atoms with van der Waals surface area (Å²) in [4.78, 5) is 24.0. The van der Waals surface area contributed by atoms with Gasteiger partial charge in [0, 0.05) is 24.8 Å². The maximum Gasteiger partial charge on any atom is 0.249 e. The van der Waals surface area contributed by atoms with Crippen LogP contribution in [-0.4, -0.2) is 42.3 Å². The van der Waals surface area contributed by atoms with Gasteiger partial charge >= 0.3 is 0 Å². The van der Waals surface area contributed by atoms with Crippen LogP contribution in [-0.2, 0) is 19.6 Å². The Morgan fingerprint density at radius 3 is 2.50 bits per heavy atom. The van der Waals surface area contributed by atoms with Crippen molar-refractivity contribution in [1.82, 2.24) is 9.46 Å². The van der Waals surface area contributed by atoms with E-state index in [0.29, 0.717) is 24.2 Å². The lowest BCUT2D eigenvalue weighted by Crippen LogP contribution is -2.43. The van der Waals surface area contributed by atoms with Gasteiger partial charge in [-0.15, -0.1) is 0 Å². The molecule has 1 aliphatic heterocycles. The molecule has 0 saturated carbocycles. The van der Waals surface area contributed by atoms with E-state index in [2.05, 4.69) is 15.8 Å². The zero-order valence-corrected chi connectivity index (χ0v) is 16.7. The van der Waals surface area contributed by atoms with Crippen LogP contribution in [0.3, 0.4) is 0 Å². The zero-order valence-electron chi connectivity index (χ0n) is 15.9. The minimum atomic E-state index is -3.91. The number of rotatable bonds is 5. The number of carbonyl (C=O) groups excluding carboxylic acids is 2. The standard InChI is InChI=1S/C18H22N4O5S/c1-11-17(12(2)27-21-11)28(25,26)22-9-5-8-16(22)18(24)20-15-7-4-6-14(10-15)19-13(3)23/h4,6-7,10,16H,5,8-9H2,1-3H3,(H,19,23)(H,20,24)/t16-/m0/s1. The highest BCUT2D eigenvalue weighted by Gasteiger charge is 2.41. The van der Waals surface area contributed by atoms with Gasteiger partial charge in [0.1, 0.15) is 16.6 Å². The number of anilines is 2. The first-order chi connectivity index (χ1) is 13.2. The van der Waals surface area contributed by atoms with Crippen molar-refractivity contribution >= 4 is 33.2 Å². The highest BCUT2D eigenvalue weighted by atomic mass is 32.2. The van der Waals surface area contributed by atoms with E-state index in [1.165, 1.54) is 18.2 Å². The molecule has 1 atom stereocenters. The van der Waals surface area contributed by atoms with Crippen LogP contribution >= 0.6 is 0 Å². The van der Waals surface area contributed by atoms with E-state index in [0.717, 1.165) is 0 Å². The van der Waals surface area contributed by atoms with Gasteiger partial charge in [0.05, 0.1) is 0 Å². The monoisotopic (exact) mass is 406 g/mol. The molecule has 150 valence electrons. The third-order valence-corrected chi connectivity index (χ3v) is 6.64. The smallest absolute Gasteiger partial charge is 0.249 e. The molecule has 1 saturated heterocycles. The molecular formula is C18H22N4O5S. The number of amides is 2. The third-order valence-electron chi connectivity index (χ3n) is 4.49. The number of nitrogens with zero attached hydrogens (tertiary/aromatic N) is 2. The van der Waals surface area contributed by atoms with Crippen LogP contribution in [0.4, 0.5) is 11.4 Å². The highest BCUT2D eigenvalue weighted by molar-refractivity contribution is 7.89. The summed E-state index contributed by atoms with van der Waals surface area (Å²) < 4.78 is 32.3. The molecule has 0 bridgehead atoms. The predicted octanol–water partition coefficient (Wildman–Crippen LogP) is 2.04. The van der Waals surface area contributed by atoms with Crippen molar-refractivity contribution in [1.29, 1.82) is 0 Å².